The molecule has 126 valence electrons. The molecule has 5 nitrogen and oxygen atoms in total. The van der Waals surface area contributed by atoms with Crippen molar-refractivity contribution in [1.29, 1.82) is 0 Å². The van der Waals surface area contributed by atoms with E-state index in [2.05, 4.69) is 4.90 Å². The van der Waals surface area contributed by atoms with Crippen LogP contribution in [-0.4, -0.2) is 61.1 Å². The monoisotopic (exact) mass is 317 g/mol. The van der Waals surface area contributed by atoms with Gasteiger partial charge in [0.15, 0.2) is 0 Å². The largest absolute Gasteiger partial charge is 0.492 e. The lowest BCUT2D eigenvalue weighted by Crippen LogP contribution is -2.42. The summed E-state index contributed by atoms with van der Waals surface area (Å²) in [7, 11) is 0. The fourth-order valence-electron chi connectivity index (χ4n) is 3.28. The Kier molecular flexibility index (Phi) is 5.51. The number of hydrogen-bond donors (Lipinski definition) is 1. The Labute approximate surface area is 138 Å². The van der Waals surface area contributed by atoms with Crippen LogP contribution in [0.3, 0.4) is 0 Å². The SMILES string of the molecule is NC1CCN(C(=O)c2ccc(OCCN3CCCC3)cc2)CC1. The maximum absolute atomic E-state index is 12.4. The first-order valence-electron chi connectivity index (χ1n) is 8.72. The molecule has 2 aliphatic rings. The van der Waals surface area contributed by atoms with Crippen LogP contribution in [-0.2, 0) is 0 Å². The second kappa shape index (κ2) is 7.79. The average molecular weight is 317 g/mol. The van der Waals surface area contributed by atoms with E-state index in [4.69, 9.17) is 10.5 Å². The highest BCUT2D eigenvalue weighted by atomic mass is 16.5. The smallest absolute Gasteiger partial charge is 0.253 e. The Morgan fingerprint density at radius 2 is 1.74 bits per heavy atom. The van der Waals surface area contributed by atoms with Crippen molar-refractivity contribution in [2.75, 3.05) is 39.3 Å². The van der Waals surface area contributed by atoms with Crippen molar-refractivity contribution in [1.82, 2.24) is 9.80 Å². The van der Waals surface area contributed by atoms with Gasteiger partial charge in [0.05, 0.1) is 0 Å². The maximum atomic E-state index is 12.4. The quantitative estimate of drug-likeness (QED) is 0.898. The van der Waals surface area contributed by atoms with E-state index in [0.717, 1.165) is 43.8 Å². The van der Waals surface area contributed by atoms with Gasteiger partial charge < -0.3 is 15.4 Å². The molecular weight excluding hydrogens is 290 g/mol. The molecule has 0 aromatic heterocycles. The number of carbonyl (C=O) groups excluding carboxylic acids is 1. The normalized spacial score (nSPS) is 20.0. The topological polar surface area (TPSA) is 58.8 Å². The van der Waals surface area contributed by atoms with Gasteiger partial charge in [-0.25, -0.2) is 0 Å². The van der Waals surface area contributed by atoms with E-state index in [0.29, 0.717) is 6.61 Å². The van der Waals surface area contributed by atoms with E-state index < -0.39 is 0 Å². The molecular formula is C18H27N3O2. The van der Waals surface area contributed by atoms with Crippen LogP contribution >= 0.6 is 0 Å². The molecule has 2 saturated heterocycles. The van der Waals surface area contributed by atoms with Crippen LogP contribution in [0.1, 0.15) is 36.0 Å². The minimum atomic E-state index is 0.0977. The third-order valence-corrected chi connectivity index (χ3v) is 4.80. The van der Waals surface area contributed by atoms with E-state index in [1.807, 2.05) is 29.2 Å². The van der Waals surface area contributed by atoms with Crippen molar-refractivity contribution in [2.24, 2.45) is 5.73 Å². The minimum Gasteiger partial charge on any atom is -0.492 e. The number of piperidine rings is 1. The number of likely N-dealkylation sites (tertiary alicyclic amines) is 2. The van der Waals surface area contributed by atoms with Gasteiger partial charge in [-0.15, -0.1) is 0 Å². The summed E-state index contributed by atoms with van der Waals surface area (Å²) < 4.78 is 5.78. The summed E-state index contributed by atoms with van der Waals surface area (Å²) in [6.45, 7) is 5.58. The molecule has 0 bridgehead atoms. The molecule has 2 aliphatic heterocycles. The van der Waals surface area contributed by atoms with E-state index in [1.165, 1.54) is 25.9 Å². The van der Waals surface area contributed by atoms with Gasteiger partial charge in [0.25, 0.3) is 5.91 Å². The van der Waals surface area contributed by atoms with E-state index in [-0.39, 0.29) is 11.9 Å². The lowest BCUT2D eigenvalue weighted by atomic mass is 10.0. The first-order valence-corrected chi connectivity index (χ1v) is 8.72. The molecule has 2 heterocycles. The van der Waals surface area contributed by atoms with Crippen LogP contribution in [0, 0.1) is 0 Å². The zero-order valence-corrected chi connectivity index (χ0v) is 13.7. The van der Waals surface area contributed by atoms with Crippen molar-refractivity contribution in [2.45, 2.75) is 31.7 Å². The van der Waals surface area contributed by atoms with Gasteiger partial charge in [0.1, 0.15) is 12.4 Å². The Balaban J connectivity index is 1.47. The van der Waals surface area contributed by atoms with Crippen LogP contribution in [0.4, 0.5) is 0 Å². The van der Waals surface area contributed by atoms with Gasteiger partial charge in [0.2, 0.25) is 0 Å². The molecule has 5 heteroatoms. The minimum absolute atomic E-state index is 0.0977. The second-order valence-corrected chi connectivity index (χ2v) is 6.55. The highest BCUT2D eigenvalue weighted by molar-refractivity contribution is 5.94. The van der Waals surface area contributed by atoms with Crippen LogP contribution in [0.15, 0.2) is 24.3 Å². The van der Waals surface area contributed by atoms with Gasteiger partial charge in [-0.1, -0.05) is 0 Å². The van der Waals surface area contributed by atoms with Crippen LogP contribution < -0.4 is 10.5 Å². The number of carbonyl (C=O) groups is 1. The zero-order chi connectivity index (χ0) is 16.1. The lowest BCUT2D eigenvalue weighted by molar-refractivity contribution is 0.0714. The van der Waals surface area contributed by atoms with Crippen LogP contribution in [0.5, 0.6) is 5.75 Å². The van der Waals surface area contributed by atoms with Gasteiger partial charge in [-0.2, -0.15) is 0 Å². The summed E-state index contributed by atoms with van der Waals surface area (Å²) in [5, 5.41) is 0. The van der Waals surface area contributed by atoms with Crippen molar-refractivity contribution < 1.29 is 9.53 Å². The molecule has 1 aromatic rings. The van der Waals surface area contributed by atoms with E-state index >= 15 is 0 Å². The average Bonchev–Trinajstić information content (AvgIpc) is 3.09. The lowest BCUT2D eigenvalue weighted by Gasteiger charge is -2.30. The maximum Gasteiger partial charge on any atom is 0.253 e. The number of nitrogens with zero attached hydrogens (tertiary/aromatic N) is 2. The second-order valence-electron chi connectivity index (χ2n) is 6.55. The fourth-order valence-corrected chi connectivity index (χ4v) is 3.28. The van der Waals surface area contributed by atoms with Crippen molar-refractivity contribution >= 4 is 5.91 Å². The Bertz CT molecular complexity index is 504. The molecule has 0 unspecified atom stereocenters. The van der Waals surface area contributed by atoms with Gasteiger partial charge in [-0.3, -0.25) is 9.69 Å². The molecule has 1 amide bonds. The van der Waals surface area contributed by atoms with Gasteiger partial charge in [-0.05, 0) is 63.0 Å². The third-order valence-electron chi connectivity index (χ3n) is 4.80. The van der Waals surface area contributed by atoms with Gasteiger partial charge >= 0.3 is 0 Å². The first kappa shape index (κ1) is 16.3. The highest BCUT2D eigenvalue weighted by Gasteiger charge is 2.21. The van der Waals surface area contributed by atoms with E-state index in [9.17, 15) is 4.79 Å². The molecule has 0 radical (unpaired) electrons. The summed E-state index contributed by atoms with van der Waals surface area (Å²) >= 11 is 0. The number of ether oxygens (including phenoxy) is 1. The highest BCUT2D eigenvalue weighted by Crippen LogP contribution is 2.17. The predicted molar refractivity (Wildman–Crippen MR) is 90.7 cm³/mol. The molecule has 3 rings (SSSR count). The number of nitrogens with two attached hydrogens (primary N) is 1. The van der Waals surface area contributed by atoms with Crippen molar-refractivity contribution in [3.63, 3.8) is 0 Å². The summed E-state index contributed by atoms with van der Waals surface area (Å²) in [4.78, 5) is 16.8. The Morgan fingerprint density at radius 1 is 1.09 bits per heavy atom. The summed E-state index contributed by atoms with van der Waals surface area (Å²) in [5.74, 6) is 0.932. The number of amides is 1. The molecule has 23 heavy (non-hydrogen) atoms. The Hall–Kier alpha value is -1.59. The van der Waals surface area contributed by atoms with Crippen LogP contribution in [0.2, 0.25) is 0 Å². The zero-order valence-electron chi connectivity index (χ0n) is 13.7. The molecule has 0 aliphatic carbocycles. The van der Waals surface area contributed by atoms with Crippen LogP contribution in [0.25, 0.3) is 0 Å². The van der Waals surface area contributed by atoms with Crippen molar-refractivity contribution in [3.05, 3.63) is 29.8 Å². The molecule has 2 fully saturated rings. The summed E-state index contributed by atoms with van der Waals surface area (Å²) in [6.07, 6.45) is 4.39. The molecule has 0 saturated carbocycles. The number of benzene rings is 1. The molecule has 1 aromatic carbocycles. The fraction of sp³-hybridized carbons (Fsp3) is 0.611. The molecule has 0 atom stereocenters. The summed E-state index contributed by atoms with van der Waals surface area (Å²) in [6, 6.07) is 7.76. The van der Waals surface area contributed by atoms with Crippen molar-refractivity contribution in [3.8, 4) is 5.75 Å². The predicted octanol–water partition coefficient (Wildman–Crippen LogP) is 1.72. The first-order chi connectivity index (χ1) is 11.2. The number of rotatable bonds is 5. The Morgan fingerprint density at radius 3 is 2.39 bits per heavy atom. The molecule has 2 N–H and O–H groups in total. The number of hydrogen-bond acceptors (Lipinski definition) is 4. The third kappa shape index (κ3) is 4.45. The summed E-state index contributed by atoms with van der Waals surface area (Å²) in [5.41, 5.74) is 6.62. The molecule has 0 spiro atoms. The van der Waals surface area contributed by atoms with Gasteiger partial charge in [0, 0.05) is 31.2 Å². The standard InChI is InChI=1S/C18H27N3O2/c19-16-7-11-21(12-8-16)18(22)15-3-5-17(6-4-15)23-14-13-20-9-1-2-10-20/h3-6,16H,1-2,7-14,19H2. The van der Waals surface area contributed by atoms with E-state index in [1.54, 1.807) is 0 Å².